The van der Waals surface area contributed by atoms with Gasteiger partial charge in [-0.2, -0.15) is 0 Å². The first-order valence-corrected chi connectivity index (χ1v) is 3.57. The summed E-state index contributed by atoms with van der Waals surface area (Å²) in [4.78, 5) is 14.4. The highest BCUT2D eigenvalue weighted by Gasteiger charge is 1.82. The molecule has 0 aromatic heterocycles. The summed E-state index contributed by atoms with van der Waals surface area (Å²) in [7, 11) is 0. The Bertz CT molecular complexity index is 256. The third kappa shape index (κ3) is 2.96. The number of rotatable bonds is 4. The summed E-state index contributed by atoms with van der Waals surface area (Å²) in [5.41, 5.74) is 0.948. The smallest absolute Gasteiger partial charge is 0.172 e. The van der Waals surface area contributed by atoms with E-state index in [1.807, 2.05) is 30.3 Å². The average Bonchev–Trinajstić information content (AvgIpc) is 2.14. The van der Waals surface area contributed by atoms with Crippen LogP contribution in [-0.2, 0) is 9.63 Å². The zero-order valence-corrected chi connectivity index (χ0v) is 6.51. The molecule has 0 aliphatic carbocycles. The first kappa shape index (κ1) is 8.46. The Morgan fingerprint density at radius 3 is 2.75 bits per heavy atom. The molecule has 1 rings (SSSR count). The molecule has 12 heavy (non-hydrogen) atoms. The van der Waals surface area contributed by atoms with Gasteiger partial charge in [-0.1, -0.05) is 35.5 Å². The van der Waals surface area contributed by atoms with Crippen LogP contribution >= 0.6 is 0 Å². The zero-order chi connectivity index (χ0) is 8.65. The first-order chi connectivity index (χ1) is 5.93. The predicted molar refractivity (Wildman–Crippen MR) is 46.1 cm³/mol. The van der Waals surface area contributed by atoms with E-state index >= 15 is 0 Å². The average molecular weight is 163 g/mol. The summed E-state index contributed by atoms with van der Waals surface area (Å²) >= 11 is 0. The van der Waals surface area contributed by atoms with Crippen molar-refractivity contribution in [3.63, 3.8) is 0 Å². The van der Waals surface area contributed by atoms with Crippen LogP contribution in [0.4, 0.5) is 0 Å². The summed E-state index contributed by atoms with van der Waals surface area (Å²) in [5, 5.41) is 3.58. The number of carbonyl (C=O) groups is 1. The number of oxime groups is 1. The molecule has 0 saturated carbocycles. The lowest BCUT2D eigenvalue weighted by molar-refractivity contribution is -0.111. The standard InChI is InChI=1S/C9H9NO2/c11-6-7-12-10-8-9-4-2-1-3-5-9/h1-6,8H,7H2/b10-8+. The highest BCUT2D eigenvalue weighted by molar-refractivity contribution is 5.78. The van der Waals surface area contributed by atoms with E-state index < -0.39 is 0 Å². The molecule has 0 aliphatic heterocycles. The molecule has 1 aromatic rings. The third-order valence-electron chi connectivity index (χ3n) is 1.22. The van der Waals surface area contributed by atoms with Gasteiger partial charge in [0.25, 0.3) is 0 Å². The molecule has 0 amide bonds. The quantitative estimate of drug-likeness (QED) is 0.290. The summed E-state index contributed by atoms with van der Waals surface area (Å²) < 4.78 is 0. The molecule has 0 saturated heterocycles. The third-order valence-corrected chi connectivity index (χ3v) is 1.22. The van der Waals surface area contributed by atoms with E-state index in [-0.39, 0.29) is 6.61 Å². The minimum absolute atomic E-state index is 0.00331. The zero-order valence-electron chi connectivity index (χ0n) is 6.51. The predicted octanol–water partition coefficient (Wildman–Crippen LogP) is 1.24. The van der Waals surface area contributed by atoms with E-state index in [4.69, 9.17) is 0 Å². The molecular weight excluding hydrogens is 154 g/mol. The number of nitrogens with zero attached hydrogens (tertiary/aromatic N) is 1. The molecule has 0 bridgehead atoms. The van der Waals surface area contributed by atoms with Gasteiger partial charge in [0.1, 0.15) is 0 Å². The van der Waals surface area contributed by atoms with Crippen molar-refractivity contribution in [3.05, 3.63) is 35.9 Å². The fourth-order valence-electron chi connectivity index (χ4n) is 0.711. The minimum atomic E-state index is 0.00331. The van der Waals surface area contributed by atoms with E-state index in [1.54, 1.807) is 6.21 Å². The van der Waals surface area contributed by atoms with Crippen LogP contribution in [0.5, 0.6) is 0 Å². The molecule has 0 spiro atoms. The Hall–Kier alpha value is -1.64. The van der Waals surface area contributed by atoms with Crippen LogP contribution in [0, 0.1) is 0 Å². The van der Waals surface area contributed by atoms with Crippen LogP contribution in [0.3, 0.4) is 0 Å². The molecule has 0 radical (unpaired) electrons. The molecule has 0 fully saturated rings. The Kier molecular flexibility index (Phi) is 3.57. The van der Waals surface area contributed by atoms with Gasteiger partial charge in [0.15, 0.2) is 12.9 Å². The van der Waals surface area contributed by atoms with E-state index in [0.29, 0.717) is 6.29 Å². The highest BCUT2D eigenvalue weighted by atomic mass is 16.6. The van der Waals surface area contributed by atoms with Crippen molar-refractivity contribution in [2.24, 2.45) is 5.16 Å². The van der Waals surface area contributed by atoms with Crippen LogP contribution in [0.15, 0.2) is 35.5 Å². The van der Waals surface area contributed by atoms with Crippen molar-refractivity contribution in [2.45, 2.75) is 0 Å². The van der Waals surface area contributed by atoms with Gasteiger partial charge in [0.05, 0.1) is 6.21 Å². The van der Waals surface area contributed by atoms with Crippen LogP contribution in [-0.4, -0.2) is 19.1 Å². The number of benzene rings is 1. The van der Waals surface area contributed by atoms with Crippen molar-refractivity contribution < 1.29 is 9.63 Å². The maximum Gasteiger partial charge on any atom is 0.172 e. The Morgan fingerprint density at radius 1 is 1.33 bits per heavy atom. The molecular formula is C9H9NO2. The summed E-state index contributed by atoms with van der Waals surface area (Å²) in [5.74, 6) is 0. The van der Waals surface area contributed by atoms with Gasteiger partial charge >= 0.3 is 0 Å². The van der Waals surface area contributed by atoms with Crippen molar-refractivity contribution in [1.29, 1.82) is 0 Å². The van der Waals surface area contributed by atoms with Crippen LogP contribution < -0.4 is 0 Å². The molecule has 3 nitrogen and oxygen atoms in total. The van der Waals surface area contributed by atoms with Gasteiger partial charge in [-0.3, -0.25) is 4.79 Å². The lowest BCUT2D eigenvalue weighted by atomic mass is 10.2. The second kappa shape index (κ2) is 5.07. The molecule has 3 heteroatoms. The van der Waals surface area contributed by atoms with Crippen LogP contribution in [0.1, 0.15) is 5.56 Å². The first-order valence-electron chi connectivity index (χ1n) is 3.57. The largest absolute Gasteiger partial charge is 0.388 e. The fourth-order valence-corrected chi connectivity index (χ4v) is 0.711. The molecule has 1 aromatic carbocycles. The lowest BCUT2D eigenvalue weighted by Gasteiger charge is -1.90. The lowest BCUT2D eigenvalue weighted by Crippen LogP contribution is -1.88. The van der Waals surface area contributed by atoms with Gasteiger partial charge < -0.3 is 4.84 Å². The summed E-state index contributed by atoms with van der Waals surface area (Å²) in [6.45, 7) is 0.00331. The van der Waals surface area contributed by atoms with Crippen molar-refractivity contribution in [3.8, 4) is 0 Å². The summed E-state index contributed by atoms with van der Waals surface area (Å²) in [6.07, 6.45) is 2.21. The van der Waals surface area contributed by atoms with Crippen LogP contribution in [0.25, 0.3) is 0 Å². The molecule has 0 atom stereocenters. The maximum atomic E-state index is 9.82. The maximum absolute atomic E-state index is 9.82. The van der Waals surface area contributed by atoms with E-state index in [1.165, 1.54) is 0 Å². The van der Waals surface area contributed by atoms with E-state index in [9.17, 15) is 4.79 Å². The molecule has 62 valence electrons. The van der Waals surface area contributed by atoms with Crippen molar-refractivity contribution in [1.82, 2.24) is 0 Å². The van der Waals surface area contributed by atoms with Gasteiger partial charge in [-0.25, -0.2) is 0 Å². The van der Waals surface area contributed by atoms with Gasteiger partial charge in [-0.15, -0.1) is 0 Å². The SMILES string of the molecule is O=CCO/N=C/c1ccccc1. The normalized spacial score (nSPS) is 10.0. The van der Waals surface area contributed by atoms with Crippen molar-refractivity contribution >= 4 is 12.5 Å². The number of carbonyl (C=O) groups excluding carboxylic acids is 1. The van der Waals surface area contributed by atoms with E-state index in [0.717, 1.165) is 5.56 Å². The van der Waals surface area contributed by atoms with E-state index in [2.05, 4.69) is 9.99 Å². The number of hydrogen-bond acceptors (Lipinski definition) is 3. The molecule has 0 N–H and O–H groups in total. The topological polar surface area (TPSA) is 38.7 Å². The second-order valence-electron chi connectivity index (χ2n) is 2.11. The van der Waals surface area contributed by atoms with Crippen molar-refractivity contribution in [2.75, 3.05) is 6.61 Å². The fraction of sp³-hybridized carbons (Fsp3) is 0.111. The second-order valence-corrected chi connectivity index (χ2v) is 2.11. The Labute approximate surface area is 70.7 Å². The molecule has 0 unspecified atom stereocenters. The number of hydrogen-bond donors (Lipinski definition) is 0. The molecule has 0 heterocycles. The minimum Gasteiger partial charge on any atom is -0.388 e. The summed E-state index contributed by atoms with van der Waals surface area (Å²) in [6, 6.07) is 9.52. The van der Waals surface area contributed by atoms with Gasteiger partial charge in [-0.05, 0) is 5.56 Å². The Morgan fingerprint density at radius 2 is 2.08 bits per heavy atom. The number of aldehydes is 1. The Balaban J connectivity index is 2.41. The highest BCUT2D eigenvalue weighted by Crippen LogP contribution is 1.93. The monoisotopic (exact) mass is 163 g/mol. The van der Waals surface area contributed by atoms with Gasteiger partial charge in [0, 0.05) is 0 Å². The van der Waals surface area contributed by atoms with Crippen LogP contribution in [0.2, 0.25) is 0 Å². The molecule has 0 aliphatic rings. The van der Waals surface area contributed by atoms with Gasteiger partial charge in [0.2, 0.25) is 0 Å².